The van der Waals surface area contributed by atoms with E-state index in [1.807, 2.05) is 0 Å². The van der Waals surface area contributed by atoms with Gasteiger partial charge in [0.15, 0.2) is 5.96 Å². The van der Waals surface area contributed by atoms with E-state index in [2.05, 4.69) is 15.0 Å². The van der Waals surface area contributed by atoms with Crippen LogP contribution in [-0.2, 0) is 32.6 Å². The summed E-state index contributed by atoms with van der Waals surface area (Å²) in [5, 5.41) is 2.53. The van der Waals surface area contributed by atoms with Gasteiger partial charge in [0.1, 0.15) is 24.3 Å². The number of pyridine rings is 1. The highest BCUT2D eigenvalue weighted by Crippen LogP contribution is 2.19. The Bertz CT molecular complexity index is 1270. The molecule has 1 heterocycles. The van der Waals surface area contributed by atoms with E-state index < -0.39 is 39.9 Å². The van der Waals surface area contributed by atoms with Crippen molar-refractivity contribution in [2.45, 2.75) is 50.6 Å². The first kappa shape index (κ1) is 27.5. The summed E-state index contributed by atoms with van der Waals surface area (Å²) in [5.74, 6) is -1.43. The van der Waals surface area contributed by atoms with E-state index in [9.17, 15) is 27.2 Å². The zero-order chi connectivity index (χ0) is 26.2. The molecule has 2 aromatic rings. The minimum Gasteiger partial charge on any atom is -0.370 e. The van der Waals surface area contributed by atoms with Crippen molar-refractivity contribution >= 4 is 33.9 Å². The number of guanidine groups is 1. The van der Waals surface area contributed by atoms with E-state index >= 15 is 0 Å². The van der Waals surface area contributed by atoms with E-state index in [4.69, 9.17) is 11.5 Å². The molecule has 2 rings (SSSR count). The molecule has 190 valence electrons. The molecular weight excluding hydrogens is 479 g/mol. The third kappa shape index (κ3) is 7.64. The lowest BCUT2D eigenvalue weighted by atomic mass is 10.1. The zero-order valence-electron chi connectivity index (χ0n) is 19.5. The number of rotatable bonds is 12. The summed E-state index contributed by atoms with van der Waals surface area (Å²) >= 11 is 0. The Balaban J connectivity index is 2.23. The molecule has 0 spiro atoms. The highest BCUT2D eigenvalue weighted by molar-refractivity contribution is 7.92. The van der Waals surface area contributed by atoms with Crippen molar-refractivity contribution in [2.24, 2.45) is 16.5 Å². The number of aromatic nitrogens is 1. The number of carbonyl (C=O) groups excluding carboxylic acids is 2. The summed E-state index contributed by atoms with van der Waals surface area (Å²) < 4.78 is 42.5. The second-order valence-electron chi connectivity index (χ2n) is 7.76. The molecule has 0 fully saturated rings. The van der Waals surface area contributed by atoms with Crippen LogP contribution in [-0.4, -0.2) is 43.7 Å². The minimum atomic E-state index is -4.27. The van der Waals surface area contributed by atoms with Crippen LogP contribution in [0, 0.1) is 12.7 Å². The Kier molecular flexibility index (Phi) is 9.51. The van der Waals surface area contributed by atoms with Gasteiger partial charge in [0.05, 0.1) is 10.9 Å². The lowest BCUT2D eigenvalue weighted by Crippen LogP contribution is -2.41. The molecule has 1 amide bonds. The second-order valence-corrected chi connectivity index (χ2v) is 9.41. The molecule has 35 heavy (non-hydrogen) atoms. The van der Waals surface area contributed by atoms with Gasteiger partial charge in [-0.2, -0.15) is 0 Å². The highest BCUT2D eigenvalue weighted by atomic mass is 32.2. The van der Waals surface area contributed by atoms with Gasteiger partial charge in [-0.15, -0.1) is 0 Å². The van der Waals surface area contributed by atoms with E-state index in [0.29, 0.717) is 30.4 Å². The van der Waals surface area contributed by atoms with Crippen LogP contribution in [0.25, 0.3) is 0 Å². The summed E-state index contributed by atoms with van der Waals surface area (Å²) in [5.41, 5.74) is 10.2. The summed E-state index contributed by atoms with van der Waals surface area (Å²) in [6.07, 6.45) is 1.68. The number of aryl methyl sites for hydroxylation is 2. The third-order valence-corrected chi connectivity index (χ3v) is 6.60. The van der Waals surface area contributed by atoms with Crippen LogP contribution in [0.4, 0.5) is 10.1 Å². The van der Waals surface area contributed by atoms with Crippen molar-refractivity contribution in [1.29, 1.82) is 0 Å². The maximum Gasteiger partial charge on any atom is 0.275 e. The number of nitrogens with two attached hydrogens (primary N) is 2. The molecule has 1 aromatic carbocycles. The van der Waals surface area contributed by atoms with Gasteiger partial charge < -0.3 is 26.1 Å². The number of carbonyl (C=O) groups is 2. The Labute approximate surface area is 202 Å². The van der Waals surface area contributed by atoms with Gasteiger partial charge in [-0.25, -0.2) is 12.8 Å². The van der Waals surface area contributed by atoms with Gasteiger partial charge in [0, 0.05) is 12.2 Å². The molecule has 13 heteroatoms. The topological polar surface area (TPSA) is 179 Å². The Morgan fingerprint density at radius 3 is 2.60 bits per heavy atom. The lowest BCUT2D eigenvalue weighted by Gasteiger charge is -2.17. The van der Waals surface area contributed by atoms with Crippen LogP contribution >= 0.6 is 0 Å². The number of hydrogen-bond acceptors (Lipinski definition) is 6. The molecule has 0 aliphatic rings. The fourth-order valence-corrected chi connectivity index (χ4v) is 4.64. The van der Waals surface area contributed by atoms with E-state index in [-0.39, 0.29) is 29.5 Å². The van der Waals surface area contributed by atoms with Crippen LogP contribution in [0.15, 0.2) is 45.0 Å². The number of benzene rings is 1. The summed E-state index contributed by atoms with van der Waals surface area (Å²) in [6, 6.07) is 5.29. The largest absolute Gasteiger partial charge is 0.370 e. The van der Waals surface area contributed by atoms with Crippen molar-refractivity contribution < 1.29 is 22.4 Å². The van der Waals surface area contributed by atoms with Gasteiger partial charge in [0.25, 0.3) is 15.6 Å². The van der Waals surface area contributed by atoms with E-state index in [0.717, 1.165) is 16.7 Å². The van der Waals surface area contributed by atoms with Crippen molar-refractivity contribution in [3.05, 3.63) is 57.8 Å². The lowest BCUT2D eigenvalue weighted by molar-refractivity contribution is -0.124. The smallest absolute Gasteiger partial charge is 0.275 e. The van der Waals surface area contributed by atoms with Crippen LogP contribution in [0.2, 0.25) is 0 Å². The van der Waals surface area contributed by atoms with Crippen LogP contribution in [0.1, 0.15) is 31.0 Å². The Hall–Kier alpha value is -3.74. The number of nitrogens with one attached hydrogen (secondary N) is 2. The number of nitrogens with zero attached hydrogens (tertiary/aromatic N) is 2. The standard InChI is InChI=1S/C22H29FN6O5S/c1-3-17-8-9-18(28-35(33,34)19-11-15(23)7-6-14(19)2)21(32)29(17)12-20(31)27-16(13-30)5-4-10-26-22(24)25/h6-9,11,13,16,28H,3-5,10,12H2,1-2H3,(H,27,31)(H4,24,25,26)/t16-/m0/s1. The molecule has 0 saturated heterocycles. The number of hydrogen-bond donors (Lipinski definition) is 4. The van der Waals surface area contributed by atoms with E-state index in [1.165, 1.54) is 25.1 Å². The average molecular weight is 509 g/mol. The van der Waals surface area contributed by atoms with Crippen LogP contribution < -0.4 is 27.1 Å². The molecule has 0 radical (unpaired) electrons. The fourth-order valence-electron chi connectivity index (χ4n) is 3.33. The van der Waals surface area contributed by atoms with Crippen molar-refractivity contribution in [1.82, 2.24) is 9.88 Å². The molecular formula is C22H29FN6O5S. The van der Waals surface area contributed by atoms with Gasteiger partial charge >= 0.3 is 0 Å². The molecule has 1 atom stereocenters. The average Bonchev–Trinajstić information content (AvgIpc) is 2.79. The van der Waals surface area contributed by atoms with Crippen molar-refractivity contribution in [3.8, 4) is 0 Å². The number of aliphatic imine (C=N–C) groups is 1. The molecule has 0 aliphatic carbocycles. The van der Waals surface area contributed by atoms with Gasteiger partial charge in [-0.1, -0.05) is 13.0 Å². The van der Waals surface area contributed by atoms with Crippen molar-refractivity contribution in [3.63, 3.8) is 0 Å². The van der Waals surface area contributed by atoms with Gasteiger partial charge in [0.2, 0.25) is 5.91 Å². The number of halogens is 1. The predicted octanol–water partition coefficient (Wildman–Crippen LogP) is 0.396. The van der Waals surface area contributed by atoms with E-state index in [1.54, 1.807) is 6.92 Å². The first-order valence-corrected chi connectivity index (χ1v) is 12.3. The summed E-state index contributed by atoms with van der Waals surface area (Å²) in [7, 11) is -4.27. The number of sulfonamides is 1. The summed E-state index contributed by atoms with van der Waals surface area (Å²) in [4.78, 5) is 40.4. The number of anilines is 1. The third-order valence-electron chi connectivity index (χ3n) is 5.09. The van der Waals surface area contributed by atoms with Crippen LogP contribution in [0.3, 0.4) is 0 Å². The number of aldehydes is 1. The predicted molar refractivity (Wildman–Crippen MR) is 130 cm³/mol. The second kappa shape index (κ2) is 12.1. The van der Waals surface area contributed by atoms with Gasteiger partial charge in [-0.3, -0.25) is 19.3 Å². The minimum absolute atomic E-state index is 0.0776. The zero-order valence-corrected chi connectivity index (χ0v) is 20.3. The Morgan fingerprint density at radius 2 is 1.97 bits per heavy atom. The molecule has 1 aromatic heterocycles. The molecule has 0 unspecified atom stereocenters. The van der Waals surface area contributed by atoms with Gasteiger partial charge in [-0.05, 0) is 56.0 Å². The molecule has 0 saturated carbocycles. The molecule has 0 aliphatic heterocycles. The molecule has 6 N–H and O–H groups in total. The molecule has 11 nitrogen and oxygen atoms in total. The fraction of sp³-hybridized carbons (Fsp3) is 0.364. The van der Waals surface area contributed by atoms with Crippen molar-refractivity contribution in [2.75, 3.05) is 11.3 Å². The first-order chi connectivity index (χ1) is 16.5. The maximum atomic E-state index is 13.6. The normalized spacial score (nSPS) is 12.0. The number of amides is 1. The Morgan fingerprint density at radius 1 is 1.26 bits per heavy atom. The maximum absolute atomic E-state index is 13.6. The monoisotopic (exact) mass is 508 g/mol. The van der Waals surface area contributed by atoms with Crippen LogP contribution in [0.5, 0.6) is 0 Å². The first-order valence-electron chi connectivity index (χ1n) is 10.8. The highest BCUT2D eigenvalue weighted by Gasteiger charge is 2.21. The summed E-state index contributed by atoms with van der Waals surface area (Å²) in [6.45, 7) is 3.11. The SMILES string of the molecule is CCc1ccc(NS(=O)(=O)c2cc(F)ccc2C)c(=O)n1CC(=O)N[C@H](C=O)CCCN=C(N)N. The quantitative estimate of drug-likeness (QED) is 0.139. The molecule has 0 bridgehead atoms.